The maximum Gasteiger partial charge on any atom is 0.111 e. The van der Waals surface area contributed by atoms with Gasteiger partial charge >= 0.3 is 0 Å². The Morgan fingerprint density at radius 1 is 1.14 bits per heavy atom. The Labute approximate surface area is 87.5 Å². The standard InChI is InChI=1S/C12H22O2/c1-4-7-8-9-10-12(6-3)14-13-11-5-2/h7-10,12H,4-6,11H2,1-3H3/b8-7-,10-9+. The predicted octanol–water partition coefficient (Wildman–Crippen LogP) is 3.65. The molecule has 1 atom stereocenters. The summed E-state index contributed by atoms with van der Waals surface area (Å²) < 4.78 is 0. The summed E-state index contributed by atoms with van der Waals surface area (Å²) in [7, 11) is 0. The van der Waals surface area contributed by atoms with Crippen molar-refractivity contribution >= 4 is 0 Å². The Morgan fingerprint density at radius 3 is 2.50 bits per heavy atom. The van der Waals surface area contributed by atoms with E-state index in [4.69, 9.17) is 9.78 Å². The molecule has 0 aromatic carbocycles. The van der Waals surface area contributed by atoms with E-state index in [-0.39, 0.29) is 6.10 Å². The number of hydrogen-bond donors (Lipinski definition) is 0. The molecule has 2 nitrogen and oxygen atoms in total. The van der Waals surface area contributed by atoms with Crippen LogP contribution in [0.3, 0.4) is 0 Å². The Bertz CT molecular complexity index is 162. The molecule has 0 saturated carbocycles. The predicted molar refractivity (Wildman–Crippen MR) is 60.0 cm³/mol. The second-order valence-corrected chi connectivity index (χ2v) is 3.09. The van der Waals surface area contributed by atoms with Crippen LogP contribution in [0, 0.1) is 0 Å². The molecule has 0 aromatic heterocycles. The fourth-order valence-electron chi connectivity index (χ4n) is 0.858. The highest BCUT2D eigenvalue weighted by Gasteiger charge is 2.00. The fourth-order valence-corrected chi connectivity index (χ4v) is 0.858. The lowest BCUT2D eigenvalue weighted by atomic mass is 10.2. The van der Waals surface area contributed by atoms with Crippen LogP contribution in [0.25, 0.3) is 0 Å². The highest BCUT2D eigenvalue weighted by molar-refractivity contribution is 5.04. The van der Waals surface area contributed by atoms with E-state index < -0.39 is 0 Å². The van der Waals surface area contributed by atoms with Gasteiger partial charge in [0.15, 0.2) is 0 Å². The van der Waals surface area contributed by atoms with Gasteiger partial charge in [0.25, 0.3) is 0 Å². The first-order valence-electron chi connectivity index (χ1n) is 5.46. The summed E-state index contributed by atoms with van der Waals surface area (Å²) >= 11 is 0. The van der Waals surface area contributed by atoms with E-state index in [0.717, 1.165) is 19.3 Å². The molecule has 0 amide bonds. The summed E-state index contributed by atoms with van der Waals surface area (Å²) in [4.78, 5) is 10.2. The highest BCUT2D eigenvalue weighted by Crippen LogP contribution is 2.01. The van der Waals surface area contributed by atoms with Crippen LogP contribution in [0.4, 0.5) is 0 Å². The molecule has 0 spiro atoms. The molecule has 0 aromatic rings. The van der Waals surface area contributed by atoms with Crippen LogP contribution in [0.5, 0.6) is 0 Å². The van der Waals surface area contributed by atoms with Crippen molar-refractivity contribution in [2.75, 3.05) is 6.61 Å². The lowest BCUT2D eigenvalue weighted by Crippen LogP contribution is -2.09. The second-order valence-electron chi connectivity index (χ2n) is 3.09. The molecule has 0 bridgehead atoms. The minimum atomic E-state index is 0.0723. The van der Waals surface area contributed by atoms with E-state index in [1.807, 2.05) is 18.2 Å². The van der Waals surface area contributed by atoms with Crippen LogP contribution in [0.15, 0.2) is 24.3 Å². The smallest absolute Gasteiger partial charge is 0.111 e. The molecule has 82 valence electrons. The van der Waals surface area contributed by atoms with Gasteiger partial charge in [0.1, 0.15) is 6.10 Å². The Hall–Kier alpha value is -0.600. The molecule has 0 saturated heterocycles. The molecule has 0 aliphatic carbocycles. The van der Waals surface area contributed by atoms with Crippen molar-refractivity contribution < 1.29 is 9.78 Å². The van der Waals surface area contributed by atoms with Crippen molar-refractivity contribution in [1.29, 1.82) is 0 Å². The van der Waals surface area contributed by atoms with Crippen LogP contribution < -0.4 is 0 Å². The first-order valence-corrected chi connectivity index (χ1v) is 5.46. The van der Waals surface area contributed by atoms with Crippen molar-refractivity contribution in [3.8, 4) is 0 Å². The molecule has 0 aliphatic rings. The van der Waals surface area contributed by atoms with Crippen molar-refractivity contribution in [3.05, 3.63) is 24.3 Å². The molecule has 0 heterocycles. The zero-order valence-electron chi connectivity index (χ0n) is 9.53. The quantitative estimate of drug-likeness (QED) is 0.256. The number of hydrogen-bond acceptors (Lipinski definition) is 2. The molecule has 14 heavy (non-hydrogen) atoms. The van der Waals surface area contributed by atoms with Gasteiger partial charge < -0.3 is 0 Å². The summed E-state index contributed by atoms with van der Waals surface area (Å²) in [6.45, 7) is 6.91. The summed E-state index contributed by atoms with van der Waals surface area (Å²) in [6.07, 6.45) is 11.2. The third-order valence-corrected chi connectivity index (χ3v) is 1.69. The lowest BCUT2D eigenvalue weighted by molar-refractivity contribution is -0.314. The molecule has 1 unspecified atom stereocenters. The van der Waals surface area contributed by atoms with Crippen LogP contribution in [0.2, 0.25) is 0 Å². The summed E-state index contributed by atoms with van der Waals surface area (Å²) in [5, 5.41) is 0. The highest BCUT2D eigenvalue weighted by atomic mass is 17.2. The van der Waals surface area contributed by atoms with Gasteiger partial charge in [-0.15, -0.1) is 0 Å². The van der Waals surface area contributed by atoms with E-state index >= 15 is 0 Å². The third-order valence-electron chi connectivity index (χ3n) is 1.69. The van der Waals surface area contributed by atoms with Gasteiger partial charge in [-0.05, 0) is 19.3 Å². The average Bonchev–Trinajstić information content (AvgIpc) is 2.22. The zero-order valence-corrected chi connectivity index (χ0v) is 9.53. The topological polar surface area (TPSA) is 18.5 Å². The van der Waals surface area contributed by atoms with E-state index in [0.29, 0.717) is 6.61 Å². The average molecular weight is 198 g/mol. The normalized spacial score (nSPS) is 14.2. The van der Waals surface area contributed by atoms with Crippen molar-refractivity contribution in [2.24, 2.45) is 0 Å². The first-order chi connectivity index (χ1) is 6.85. The van der Waals surface area contributed by atoms with E-state index in [1.54, 1.807) is 0 Å². The van der Waals surface area contributed by atoms with Crippen molar-refractivity contribution in [3.63, 3.8) is 0 Å². The Morgan fingerprint density at radius 2 is 1.93 bits per heavy atom. The van der Waals surface area contributed by atoms with E-state index in [2.05, 4.69) is 26.8 Å². The molecule has 0 N–H and O–H groups in total. The van der Waals surface area contributed by atoms with Gasteiger partial charge in [0.2, 0.25) is 0 Å². The molecule has 0 radical (unpaired) electrons. The van der Waals surface area contributed by atoms with Gasteiger partial charge in [0.05, 0.1) is 6.61 Å². The third kappa shape index (κ3) is 8.02. The fraction of sp³-hybridized carbons (Fsp3) is 0.667. The minimum Gasteiger partial charge on any atom is -0.236 e. The van der Waals surface area contributed by atoms with E-state index in [1.165, 1.54) is 0 Å². The lowest BCUT2D eigenvalue weighted by Gasteiger charge is -2.09. The first kappa shape index (κ1) is 13.4. The summed E-state index contributed by atoms with van der Waals surface area (Å²) in [6, 6.07) is 0. The van der Waals surface area contributed by atoms with Crippen LogP contribution >= 0.6 is 0 Å². The maximum absolute atomic E-state index is 5.19. The zero-order chi connectivity index (χ0) is 10.6. The van der Waals surface area contributed by atoms with Gasteiger partial charge in [-0.25, -0.2) is 9.78 Å². The number of rotatable bonds is 8. The second kappa shape index (κ2) is 10.5. The molecule has 2 heteroatoms. The molecular weight excluding hydrogens is 176 g/mol. The maximum atomic E-state index is 5.19. The summed E-state index contributed by atoms with van der Waals surface area (Å²) in [5.41, 5.74) is 0. The minimum absolute atomic E-state index is 0.0723. The van der Waals surface area contributed by atoms with Crippen molar-refractivity contribution in [1.82, 2.24) is 0 Å². The summed E-state index contributed by atoms with van der Waals surface area (Å²) in [5.74, 6) is 0. The molecule has 0 fully saturated rings. The van der Waals surface area contributed by atoms with Crippen LogP contribution in [0.1, 0.15) is 40.0 Å². The van der Waals surface area contributed by atoms with Gasteiger partial charge in [-0.2, -0.15) is 0 Å². The Balaban J connectivity index is 3.66. The molecule has 0 aliphatic heterocycles. The van der Waals surface area contributed by atoms with Gasteiger partial charge in [-0.1, -0.05) is 45.1 Å². The van der Waals surface area contributed by atoms with Gasteiger partial charge in [-0.3, -0.25) is 0 Å². The van der Waals surface area contributed by atoms with Crippen LogP contribution in [-0.4, -0.2) is 12.7 Å². The van der Waals surface area contributed by atoms with Crippen molar-refractivity contribution in [2.45, 2.75) is 46.1 Å². The monoisotopic (exact) mass is 198 g/mol. The van der Waals surface area contributed by atoms with Crippen LogP contribution in [-0.2, 0) is 9.78 Å². The SMILES string of the molecule is CC/C=C\C=C\C(CC)OOCCC. The molecule has 0 rings (SSSR count). The Kier molecular flexibility index (Phi) is 10.0. The van der Waals surface area contributed by atoms with Gasteiger partial charge in [0, 0.05) is 0 Å². The number of allylic oxidation sites excluding steroid dienone is 3. The van der Waals surface area contributed by atoms with E-state index in [9.17, 15) is 0 Å². The largest absolute Gasteiger partial charge is 0.236 e. The molecular formula is C12H22O2.